The van der Waals surface area contributed by atoms with Gasteiger partial charge in [0.05, 0.1) is 14.2 Å². The van der Waals surface area contributed by atoms with E-state index < -0.39 is 5.82 Å². The quantitative estimate of drug-likeness (QED) is 0.600. The van der Waals surface area contributed by atoms with Gasteiger partial charge in [0.2, 0.25) is 0 Å². The van der Waals surface area contributed by atoms with Gasteiger partial charge in [-0.25, -0.2) is 4.39 Å². The first-order valence-corrected chi connectivity index (χ1v) is 8.50. The highest BCUT2D eigenvalue weighted by atomic mass is 19.1. The lowest BCUT2D eigenvalue weighted by atomic mass is 10.1. The molecule has 2 aromatic carbocycles. The van der Waals surface area contributed by atoms with E-state index in [0.717, 1.165) is 11.1 Å². The second kappa shape index (κ2) is 9.12. The number of hydrogen-bond donors (Lipinski definition) is 2. The maximum absolute atomic E-state index is 13.5. The molecule has 2 rings (SSSR count). The van der Waals surface area contributed by atoms with Crippen molar-refractivity contribution in [1.82, 2.24) is 10.2 Å². The molecule has 0 aliphatic heterocycles. The molecule has 0 aliphatic rings. The number of nitrogens with one attached hydrogen (secondary N) is 1. The van der Waals surface area contributed by atoms with Crippen LogP contribution in [-0.2, 0) is 13.1 Å². The van der Waals surface area contributed by atoms with E-state index >= 15 is 0 Å². The summed E-state index contributed by atoms with van der Waals surface area (Å²) in [6.45, 7) is 3.01. The summed E-state index contributed by atoms with van der Waals surface area (Å²) in [5, 5.41) is 12.5. The van der Waals surface area contributed by atoms with Gasteiger partial charge < -0.3 is 24.8 Å². The highest BCUT2D eigenvalue weighted by Crippen LogP contribution is 2.30. The molecule has 0 bridgehead atoms. The number of aromatic hydroxyl groups is 1. The van der Waals surface area contributed by atoms with Gasteiger partial charge in [-0.2, -0.15) is 0 Å². The number of nitrogens with zero attached hydrogens (tertiary/aromatic N) is 2. The van der Waals surface area contributed by atoms with Crippen molar-refractivity contribution in [3.8, 4) is 17.2 Å². The molecule has 0 fully saturated rings. The Labute approximate surface area is 159 Å². The van der Waals surface area contributed by atoms with Gasteiger partial charge in [0, 0.05) is 27.2 Å². The zero-order valence-corrected chi connectivity index (χ0v) is 16.3. The van der Waals surface area contributed by atoms with E-state index in [2.05, 4.69) is 10.3 Å². The minimum Gasteiger partial charge on any atom is -0.505 e. The maximum atomic E-state index is 13.5. The Morgan fingerprint density at radius 1 is 1.19 bits per heavy atom. The molecule has 0 saturated carbocycles. The highest BCUT2D eigenvalue weighted by Gasteiger charge is 2.13. The molecule has 2 aromatic rings. The Morgan fingerprint density at radius 2 is 1.85 bits per heavy atom. The summed E-state index contributed by atoms with van der Waals surface area (Å²) >= 11 is 0. The standard InChI is InChI=1S/C20H26FN3O3/c1-13-8-18(26-4)19(27-5)10-15(13)12-24(3)20(22-2)23-11-14-6-7-17(25)16(21)9-14/h6-10,25H,11-12H2,1-5H3,(H,22,23). The number of hydrogen-bond acceptors (Lipinski definition) is 4. The molecule has 0 saturated heterocycles. The first kappa shape index (κ1) is 20.4. The smallest absolute Gasteiger partial charge is 0.193 e. The van der Waals surface area contributed by atoms with Crippen LogP contribution in [0, 0.1) is 12.7 Å². The minimum atomic E-state index is -0.640. The van der Waals surface area contributed by atoms with Crippen LogP contribution in [0.2, 0.25) is 0 Å². The molecular weight excluding hydrogens is 349 g/mol. The van der Waals surface area contributed by atoms with Gasteiger partial charge in [0.25, 0.3) is 0 Å². The van der Waals surface area contributed by atoms with Gasteiger partial charge in [-0.05, 0) is 47.9 Å². The maximum Gasteiger partial charge on any atom is 0.193 e. The van der Waals surface area contributed by atoms with Crippen LogP contribution < -0.4 is 14.8 Å². The fraction of sp³-hybridized carbons (Fsp3) is 0.350. The monoisotopic (exact) mass is 375 g/mol. The second-order valence-electron chi connectivity index (χ2n) is 6.18. The lowest BCUT2D eigenvalue weighted by molar-refractivity contribution is 0.353. The Hall–Kier alpha value is -2.96. The third-order valence-corrected chi connectivity index (χ3v) is 4.29. The van der Waals surface area contributed by atoms with E-state index in [1.54, 1.807) is 27.3 Å². The zero-order chi connectivity index (χ0) is 20.0. The van der Waals surface area contributed by atoms with Crippen LogP contribution in [-0.4, -0.2) is 44.3 Å². The van der Waals surface area contributed by atoms with Crippen LogP contribution in [0.5, 0.6) is 17.2 Å². The van der Waals surface area contributed by atoms with Crippen LogP contribution in [0.3, 0.4) is 0 Å². The Morgan fingerprint density at radius 3 is 2.44 bits per heavy atom. The molecule has 0 aliphatic carbocycles. The van der Waals surface area contributed by atoms with Crippen LogP contribution >= 0.6 is 0 Å². The van der Waals surface area contributed by atoms with Gasteiger partial charge in [-0.3, -0.25) is 4.99 Å². The summed E-state index contributed by atoms with van der Waals surface area (Å²) < 4.78 is 24.2. The molecule has 0 spiro atoms. The molecule has 27 heavy (non-hydrogen) atoms. The number of phenolic OH excluding ortho intramolecular Hbond substituents is 1. The summed E-state index contributed by atoms with van der Waals surface area (Å²) in [5.74, 6) is 1.03. The first-order valence-electron chi connectivity index (χ1n) is 8.50. The third kappa shape index (κ3) is 5.03. The van der Waals surface area contributed by atoms with Crippen molar-refractivity contribution < 1.29 is 19.0 Å². The number of rotatable bonds is 6. The van der Waals surface area contributed by atoms with Crippen LogP contribution in [0.25, 0.3) is 0 Å². The van der Waals surface area contributed by atoms with Gasteiger partial charge in [0.15, 0.2) is 29.0 Å². The number of ether oxygens (including phenoxy) is 2. The predicted molar refractivity (Wildman–Crippen MR) is 104 cm³/mol. The van der Waals surface area contributed by atoms with Gasteiger partial charge in [0.1, 0.15) is 0 Å². The average molecular weight is 375 g/mol. The van der Waals surface area contributed by atoms with Gasteiger partial charge in [-0.15, -0.1) is 0 Å². The Kier molecular flexibility index (Phi) is 6.87. The van der Waals surface area contributed by atoms with Crippen molar-refractivity contribution in [2.24, 2.45) is 4.99 Å². The van der Waals surface area contributed by atoms with Crippen LogP contribution in [0.1, 0.15) is 16.7 Å². The van der Waals surface area contributed by atoms with E-state index in [-0.39, 0.29) is 5.75 Å². The van der Waals surface area contributed by atoms with E-state index in [9.17, 15) is 9.50 Å². The van der Waals surface area contributed by atoms with Crippen molar-refractivity contribution in [2.45, 2.75) is 20.0 Å². The lowest BCUT2D eigenvalue weighted by Crippen LogP contribution is -2.38. The Balaban J connectivity index is 2.08. The average Bonchev–Trinajstić information content (AvgIpc) is 2.66. The Bertz CT molecular complexity index is 824. The number of aryl methyl sites for hydroxylation is 1. The SMILES string of the molecule is CN=C(NCc1ccc(O)c(F)c1)N(C)Cc1cc(OC)c(OC)cc1C. The minimum absolute atomic E-state index is 0.357. The van der Waals surface area contributed by atoms with Crippen molar-refractivity contribution in [3.63, 3.8) is 0 Å². The van der Waals surface area contributed by atoms with Crippen molar-refractivity contribution >= 4 is 5.96 Å². The van der Waals surface area contributed by atoms with Crippen molar-refractivity contribution in [1.29, 1.82) is 0 Å². The number of methoxy groups -OCH3 is 2. The molecule has 0 unspecified atom stereocenters. The number of halogens is 1. The number of aliphatic imine (C=N–C) groups is 1. The van der Waals surface area contributed by atoms with E-state index in [4.69, 9.17) is 9.47 Å². The number of benzene rings is 2. The second-order valence-corrected chi connectivity index (χ2v) is 6.18. The largest absolute Gasteiger partial charge is 0.505 e. The summed E-state index contributed by atoms with van der Waals surface area (Å²) in [7, 11) is 6.83. The molecule has 0 heterocycles. The molecule has 0 amide bonds. The molecule has 2 N–H and O–H groups in total. The summed E-state index contributed by atoms with van der Waals surface area (Å²) in [6, 6.07) is 8.20. The van der Waals surface area contributed by atoms with Crippen molar-refractivity contribution in [3.05, 3.63) is 52.8 Å². The summed E-state index contributed by atoms with van der Waals surface area (Å²) in [5.41, 5.74) is 2.87. The predicted octanol–water partition coefficient (Wildman–Crippen LogP) is 3.06. The normalized spacial score (nSPS) is 11.3. The van der Waals surface area contributed by atoms with Crippen LogP contribution in [0.4, 0.5) is 4.39 Å². The summed E-state index contributed by atoms with van der Waals surface area (Å²) in [6.07, 6.45) is 0. The molecule has 146 valence electrons. The van der Waals surface area contributed by atoms with Crippen molar-refractivity contribution in [2.75, 3.05) is 28.3 Å². The fourth-order valence-electron chi connectivity index (χ4n) is 2.75. The first-order chi connectivity index (χ1) is 12.9. The van der Waals surface area contributed by atoms with E-state index in [1.807, 2.05) is 31.0 Å². The molecule has 0 atom stereocenters. The van der Waals surface area contributed by atoms with Crippen LogP contribution in [0.15, 0.2) is 35.3 Å². The topological polar surface area (TPSA) is 66.3 Å². The molecule has 0 radical (unpaired) electrons. The van der Waals surface area contributed by atoms with E-state index in [1.165, 1.54) is 12.1 Å². The number of guanidine groups is 1. The lowest BCUT2D eigenvalue weighted by Gasteiger charge is -2.24. The molecule has 6 nitrogen and oxygen atoms in total. The van der Waals surface area contributed by atoms with Gasteiger partial charge >= 0.3 is 0 Å². The van der Waals surface area contributed by atoms with E-state index in [0.29, 0.717) is 36.1 Å². The number of phenols is 1. The van der Waals surface area contributed by atoms with Gasteiger partial charge in [-0.1, -0.05) is 6.07 Å². The zero-order valence-electron chi connectivity index (χ0n) is 16.3. The fourth-order valence-corrected chi connectivity index (χ4v) is 2.75. The highest BCUT2D eigenvalue weighted by molar-refractivity contribution is 5.79. The summed E-state index contributed by atoms with van der Waals surface area (Å²) in [4.78, 5) is 6.24. The molecule has 0 aromatic heterocycles. The molecular formula is C20H26FN3O3. The third-order valence-electron chi connectivity index (χ3n) is 4.29. The molecule has 7 heteroatoms.